The fourth-order valence-electron chi connectivity index (χ4n) is 4.98. The van der Waals surface area contributed by atoms with Crippen molar-refractivity contribution in [3.05, 3.63) is 24.3 Å². The first-order valence-corrected chi connectivity index (χ1v) is 7.61. The van der Waals surface area contributed by atoms with Crippen LogP contribution >= 0.6 is 11.6 Å². The predicted molar refractivity (Wildman–Crippen MR) is 75.7 cm³/mol. The molecule has 0 aromatic carbocycles. The van der Waals surface area contributed by atoms with Gasteiger partial charge in [-0.05, 0) is 55.8 Å². The highest BCUT2D eigenvalue weighted by molar-refractivity contribution is 6.40. The van der Waals surface area contributed by atoms with Crippen molar-refractivity contribution < 1.29 is 9.53 Å². The van der Waals surface area contributed by atoms with Gasteiger partial charge < -0.3 is 4.74 Å². The van der Waals surface area contributed by atoms with Crippen molar-refractivity contribution >= 4 is 17.6 Å². The van der Waals surface area contributed by atoms with E-state index in [2.05, 4.69) is 13.2 Å². The van der Waals surface area contributed by atoms with Gasteiger partial charge in [0.25, 0.3) is 0 Å². The quantitative estimate of drug-likeness (QED) is 0.441. The molecule has 104 valence electrons. The Kier molecular flexibility index (Phi) is 3.24. The van der Waals surface area contributed by atoms with Gasteiger partial charge in [0.05, 0.1) is 0 Å². The summed E-state index contributed by atoms with van der Waals surface area (Å²) in [6.45, 7) is 7.36. The molecule has 2 nitrogen and oxygen atoms in total. The first-order chi connectivity index (χ1) is 9.05. The van der Waals surface area contributed by atoms with Gasteiger partial charge >= 0.3 is 5.97 Å². The van der Waals surface area contributed by atoms with Crippen LogP contribution in [0.3, 0.4) is 0 Å². The monoisotopic (exact) mass is 280 g/mol. The summed E-state index contributed by atoms with van der Waals surface area (Å²) in [5.41, 5.74) is -0.357. The van der Waals surface area contributed by atoms with Crippen LogP contribution < -0.4 is 0 Å². The summed E-state index contributed by atoms with van der Waals surface area (Å²) in [6, 6.07) is 0. The molecular formula is C16H21ClO2. The normalized spacial score (nSPS) is 43.0. The zero-order valence-corrected chi connectivity index (χ0v) is 12.0. The highest BCUT2D eigenvalue weighted by Gasteiger charge is 2.58. The molecule has 0 heterocycles. The second-order valence-corrected chi connectivity index (χ2v) is 7.00. The van der Waals surface area contributed by atoms with Gasteiger partial charge in [-0.25, -0.2) is 4.79 Å². The molecule has 0 aromatic rings. The Morgan fingerprint density at radius 2 is 1.74 bits per heavy atom. The number of rotatable bonds is 4. The number of hydrogen-bond donors (Lipinski definition) is 0. The van der Waals surface area contributed by atoms with Crippen LogP contribution in [-0.4, -0.2) is 11.6 Å². The lowest BCUT2D eigenvalue weighted by atomic mass is 9.49. The van der Waals surface area contributed by atoms with Gasteiger partial charge in [0.1, 0.15) is 10.6 Å². The van der Waals surface area contributed by atoms with E-state index in [0.29, 0.717) is 11.8 Å². The Bertz CT molecular complexity index is 398. The lowest BCUT2D eigenvalue weighted by Gasteiger charge is -2.60. The van der Waals surface area contributed by atoms with Gasteiger partial charge in [0, 0.05) is 6.42 Å². The first kappa shape index (κ1) is 13.2. The minimum atomic E-state index is -0.448. The van der Waals surface area contributed by atoms with Crippen LogP contribution in [-0.2, 0) is 9.53 Å². The fraction of sp³-hybridized carbons (Fsp3) is 0.688. The molecule has 0 aliphatic heterocycles. The maximum atomic E-state index is 11.9. The standard InChI is InChI=1S/C16H21ClO2/c1-3-4-16(19-15(18)10(2)17)13-6-11-5-12(8-13)9-14(16)7-11/h3,11-14H,1-2,4-9H2. The van der Waals surface area contributed by atoms with Crippen LogP contribution in [0, 0.1) is 23.7 Å². The van der Waals surface area contributed by atoms with Crippen molar-refractivity contribution in [1.29, 1.82) is 0 Å². The van der Waals surface area contributed by atoms with Gasteiger partial charge in [0.2, 0.25) is 0 Å². The van der Waals surface area contributed by atoms with E-state index in [-0.39, 0.29) is 10.6 Å². The molecule has 4 fully saturated rings. The minimum absolute atomic E-state index is 0.0164. The molecule has 0 aromatic heterocycles. The van der Waals surface area contributed by atoms with E-state index in [4.69, 9.17) is 16.3 Å². The average molecular weight is 281 g/mol. The molecule has 4 aliphatic carbocycles. The number of hydrogen-bond acceptors (Lipinski definition) is 2. The molecule has 4 saturated carbocycles. The summed E-state index contributed by atoms with van der Waals surface area (Å²) in [7, 11) is 0. The Morgan fingerprint density at radius 3 is 2.16 bits per heavy atom. The number of ether oxygens (including phenoxy) is 1. The maximum absolute atomic E-state index is 11.9. The number of halogens is 1. The van der Waals surface area contributed by atoms with Crippen molar-refractivity contribution in [3.8, 4) is 0 Å². The zero-order chi connectivity index (χ0) is 13.6. The van der Waals surface area contributed by atoms with Gasteiger partial charge in [-0.1, -0.05) is 24.3 Å². The van der Waals surface area contributed by atoms with E-state index in [1.165, 1.54) is 32.1 Å². The molecule has 0 radical (unpaired) electrons. The average Bonchev–Trinajstić information content (AvgIpc) is 2.34. The highest BCUT2D eigenvalue weighted by Crippen LogP contribution is 2.60. The molecular weight excluding hydrogens is 260 g/mol. The second kappa shape index (κ2) is 4.66. The predicted octanol–water partition coefficient (Wildman–Crippen LogP) is 4.05. The van der Waals surface area contributed by atoms with E-state index < -0.39 is 5.97 Å². The Hall–Kier alpha value is -0.760. The third kappa shape index (κ3) is 2.05. The number of carbonyl (C=O) groups excluding carboxylic acids is 1. The Labute approximate surface area is 119 Å². The Balaban J connectivity index is 1.89. The van der Waals surface area contributed by atoms with Gasteiger partial charge in [-0.2, -0.15) is 0 Å². The smallest absolute Gasteiger partial charge is 0.349 e. The van der Waals surface area contributed by atoms with Crippen molar-refractivity contribution in [2.45, 2.75) is 44.1 Å². The molecule has 19 heavy (non-hydrogen) atoms. The van der Waals surface area contributed by atoms with Crippen LogP contribution in [0.25, 0.3) is 0 Å². The lowest BCUT2D eigenvalue weighted by Crippen LogP contribution is -2.59. The zero-order valence-electron chi connectivity index (χ0n) is 11.2. The van der Waals surface area contributed by atoms with E-state index >= 15 is 0 Å². The van der Waals surface area contributed by atoms with E-state index in [1.807, 2.05) is 6.08 Å². The minimum Gasteiger partial charge on any atom is -0.454 e. The largest absolute Gasteiger partial charge is 0.454 e. The van der Waals surface area contributed by atoms with Crippen molar-refractivity contribution in [3.63, 3.8) is 0 Å². The molecule has 0 amide bonds. The van der Waals surface area contributed by atoms with Crippen LogP contribution in [0.5, 0.6) is 0 Å². The Morgan fingerprint density at radius 1 is 1.21 bits per heavy atom. The van der Waals surface area contributed by atoms with E-state index in [9.17, 15) is 4.79 Å². The summed E-state index contributed by atoms with van der Waals surface area (Å²) < 4.78 is 5.88. The van der Waals surface area contributed by atoms with Crippen LogP contribution in [0.4, 0.5) is 0 Å². The van der Waals surface area contributed by atoms with Crippen LogP contribution in [0.2, 0.25) is 0 Å². The van der Waals surface area contributed by atoms with Crippen molar-refractivity contribution in [2.75, 3.05) is 0 Å². The second-order valence-electron chi connectivity index (χ2n) is 6.55. The topological polar surface area (TPSA) is 26.3 Å². The molecule has 4 aliphatic rings. The molecule has 3 heteroatoms. The van der Waals surface area contributed by atoms with Crippen molar-refractivity contribution in [2.24, 2.45) is 23.7 Å². The van der Waals surface area contributed by atoms with Crippen molar-refractivity contribution in [1.82, 2.24) is 0 Å². The van der Waals surface area contributed by atoms with E-state index in [1.54, 1.807) is 0 Å². The van der Waals surface area contributed by atoms with E-state index in [0.717, 1.165) is 18.3 Å². The summed E-state index contributed by atoms with van der Waals surface area (Å²) >= 11 is 5.71. The summed E-state index contributed by atoms with van der Waals surface area (Å²) in [4.78, 5) is 11.9. The SMILES string of the molecule is C=CCC1(OC(=O)C(=C)Cl)C2CC3CC(C2)CC1C3. The third-order valence-electron chi connectivity index (χ3n) is 5.49. The van der Waals surface area contributed by atoms with Gasteiger partial charge in [-0.3, -0.25) is 0 Å². The number of esters is 1. The van der Waals surface area contributed by atoms with Crippen LogP contribution in [0.1, 0.15) is 38.5 Å². The fourth-order valence-corrected chi connectivity index (χ4v) is 5.02. The molecule has 4 rings (SSSR count). The van der Waals surface area contributed by atoms with Gasteiger partial charge in [-0.15, -0.1) is 6.58 Å². The van der Waals surface area contributed by atoms with Crippen LogP contribution in [0.15, 0.2) is 24.3 Å². The lowest BCUT2D eigenvalue weighted by molar-refractivity contribution is -0.204. The highest BCUT2D eigenvalue weighted by atomic mass is 35.5. The van der Waals surface area contributed by atoms with Gasteiger partial charge in [0.15, 0.2) is 0 Å². The molecule has 0 N–H and O–H groups in total. The molecule has 4 bridgehead atoms. The molecule has 0 atom stereocenters. The summed E-state index contributed by atoms with van der Waals surface area (Å²) in [6.07, 6.45) is 8.81. The third-order valence-corrected chi connectivity index (χ3v) is 5.64. The molecule has 0 spiro atoms. The summed E-state index contributed by atoms with van der Waals surface area (Å²) in [5, 5.41) is -0.0164. The number of carbonyl (C=O) groups is 1. The summed E-state index contributed by atoms with van der Waals surface area (Å²) in [5.74, 6) is 2.22. The maximum Gasteiger partial charge on any atom is 0.349 e. The molecule has 0 saturated heterocycles. The molecule has 0 unspecified atom stereocenters. The first-order valence-electron chi connectivity index (χ1n) is 7.23.